The molecule has 23 heavy (non-hydrogen) atoms. The Hall–Kier alpha value is -1.56. The smallest absolute Gasteiger partial charge is 0.234 e. The van der Waals surface area contributed by atoms with Crippen LogP contribution >= 0.6 is 34.7 Å². The van der Waals surface area contributed by atoms with E-state index in [1.165, 1.54) is 22.9 Å². The number of carbonyl (C=O) groups is 1. The number of nitrogens with one attached hydrogen (secondary N) is 1. The Morgan fingerprint density at radius 1 is 1.22 bits per heavy atom. The second-order valence-corrected chi connectivity index (χ2v) is 7.92. The van der Waals surface area contributed by atoms with Gasteiger partial charge in [0.25, 0.3) is 0 Å². The minimum Gasteiger partial charge on any atom is -0.325 e. The Kier molecular flexibility index (Phi) is 4.90. The van der Waals surface area contributed by atoms with E-state index in [4.69, 9.17) is 11.6 Å². The summed E-state index contributed by atoms with van der Waals surface area (Å²) in [5, 5.41) is 3.59. The van der Waals surface area contributed by atoms with Crippen LogP contribution in [-0.2, 0) is 4.79 Å². The molecule has 3 nitrogen and oxygen atoms in total. The molecule has 0 saturated heterocycles. The van der Waals surface area contributed by atoms with Crippen LogP contribution in [-0.4, -0.2) is 16.6 Å². The van der Waals surface area contributed by atoms with Crippen molar-refractivity contribution in [3.63, 3.8) is 0 Å². The van der Waals surface area contributed by atoms with E-state index in [-0.39, 0.29) is 5.91 Å². The first-order valence-electron chi connectivity index (χ1n) is 7.07. The van der Waals surface area contributed by atoms with Gasteiger partial charge in [-0.1, -0.05) is 29.4 Å². The number of thioether (sulfide) groups is 1. The number of thiazole rings is 1. The van der Waals surface area contributed by atoms with E-state index in [1.807, 2.05) is 43.3 Å². The lowest BCUT2D eigenvalue weighted by molar-refractivity contribution is -0.113. The van der Waals surface area contributed by atoms with Crippen LogP contribution in [0.3, 0.4) is 0 Å². The number of aryl methyl sites for hydroxylation is 2. The van der Waals surface area contributed by atoms with Crippen LogP contribution in [0.4, 0.5) is 5.69 Å². The van der Waals surface area contributed by atoms with Crippen molar-refractivity contribution in [1.82, 2.24) is 4.98 Å². The number of amides is 1. The number of anilines is 1. The van der Waals surface area contributed by atoms with Crippen LogP contribution in [0.25, 0.3) is 10.2 Å². The third-order valence-corrected chi connectivity index (χ3v) is 5.86. The first-order valence-corrected chi connectivity index (χ1v) is 9.25. The van der Waals surface area contributed by atoms with Crippen molar-refractivity contribution in [3.05, 3.63) is 52.5 Å². The van der Waals surface area contributed by atoms with E-state index in [0.29, 0.717) is 10.8 Å². The maximum absolute atomic E-state index is 12.1. The maximum atomic E-state index is 12.1. The third kappa shape index (κ3) is 4.05. The van der Waals surface area contributed by atoms with Gasteiger partial charge in [0, 0.05) is 10.7 Å². The quantitative estimate of drug-likeness (QED) is 0.640. The highest BCUT2D eigenvalue weighted by atomic mass is 35.5. The number of hydrogen-bond donors (Lipinski definition) is 1. The summed E-state index contributed by atoms with van der Waals surface area (Å²) < 4.78 is 1.95. The molecule has 0 aliphatic rings. The van der Waals surface area contributed by atoms with Crippen LogP contribution in [0.5, 0.6) is 0 Å². The molecule has 0 unspecified atom stereocenters. The molecular weight excluding hydrogens is 348 g/mol. The summed E-state index contributed by atoms with van der Waals surface area (Å²) in [5.41, 5.74) is 4.08. The van der Waals surface area contributed by atoms with Crippen LogP contribution in [0.2, 0.25) is 5.02 Å². The predicted octanol–water partition coefficient (Wildman–Crippen LogP) is 5.30. The average Bonchev–Trinajstić information content (AvgIpc) is 2.91. The Bertz CT molecular complexity index is 876. The van der Waals surface area contributed by atoms with Gasteiger partial charge in [0.15, 0.2) is 4.34 Å². The number of fused-ring (bicyclic) bond motifs is 1. The predicted molar refractivity (Wildman–Crippen MR) is 99.9 cm³/mol. The monoisotopic (exact) mass is 362 g/mol. The molecule has 1 N–H and O–H groups in total. The van der Waals surface area contributed by atoms with Crippen LogP contribution in [0, 0.1) is 13.8 Å². The molecule has 0 aliphatic carbocycles. The van der Waals surface area contributed by atoms with Gasteiger partial charge in [-0.05, 0) is 55.3 Å². The van der Waals surface area contributed by atoms with Crippen molar-refractivity contribution in [3.8, 4) is 0 Å². The molecule has 0 aliphatic heterocycles. The summed E-state index contributed by atoms with van der Waals surface area (Å²) in [5.74, 6) is 0.302. The van der Waals surface area contributed by atoms with Crippen LogP contribution in [0.1, 0.15) is 11.1 Å². The topological polar surface area (TPSA) is 42.0 Å². The number of rotatable bonds is 4. The second-order valence-electron chi connectivity index (χ2n) is 5.23. The van der Waals surface area contributed by atoms with Crippen molar-refractivity contribution >= 4 is 56.5 Å². The minimum atomic E-state index is -0.0319. The fourth-order valence-electron chi connectivity index (χ4n) is 2.08. The lowest BCUT2D eigenvalue weighted by Crippen LogP contribution is -2.14. The summed E-state index contributed by atoms with van der Waals surface area (Å²) in [7, 11) is 0. The average molecular weight is 363 g/mol. The van der Waals surface area contributed by atoms with Crippen molar-refractivity contribution in [2.75, 3.05) is 11.1 Å². The van der Waals surface area contributed by atoms with Crippen molar-refractivity contribution in [2.24, 2.45) is 0 Å². The third-order valence-electron chi connectivity index (χ3n) is 3.45. The molecule has 1 heterocycles. The maximum Gasteiger partial charge on any atom is 0.234 e. The van der Waals surface area contributed by atoms with Gasteiger partial charge >= 0.3 is 0 Å². The normalized spacial score (nSPS) is 10.9. The summed E-state index contributed by atoms with van der Waals surface area (Å²) in [6, 6.07) is 11.6. The highest BCUT2D eigenvalue weighted by Crippen LogP contribution is 2.31. The Morgan fingerprint density at radius 2 is 2.04 bits per heavy atom. The molecule has 0 radical (unpaired) electrons. The highest BCUT2D eigenvalue weighted by molar-refractivity contribution is 8.01. The minimum absolute atomic E-state index is 0.0319. The second kappa shape index (κ2) is 6.91. The number of aromatic nitrogens is 1. The molecular formula is C17H15ClN2OS2. The molecule has 2 aromatic carbocycles. The summed E-state index contributed by atoms with van der Waals surface area (Å²) in [6.07, 6.45) is 0. The van der Waals surface area contributed by atoms with E-state index in [1.54, 1.807) is 11.3 Å². The molecule has 6 heteroatoms. The lowest BCUT2D eigenvalue weighted by Gasteiger charge is -2.06. The van der Waals surface area contributed by atoms with Gasteiger partial charge in [-0.15, -0.1) is 11.3 Å². The molecule has 0 fully saturated rings. The zero-order valence-electron chi connectivity index (χ0n) is 12.7. The number of carbonyl (C=O) groups excluding carboxylic acids is 1. The molecule has 3 aromatic rings. The van der Waals surface area contributed by atoms with E-state index in [9.17, 15) is 4.79 Å². The summed E-state index contributed by atoms with van der Waals surface area (Å²) in [4.78, 5) is 16.6. The van der Waals surface area contributed by atoms with Crippen molar-refractivity contribution in [2.45, 2.75) is 18.2 Å². The van der Waals surface area contributed by atoms with E-state index in [2.05, 4.69) is 17.2 Å². The molecule has 1 amide bonds. The van der Waals surface area contributed by atoms with Gasteiger partial charge in [0.05, 0.1) is 16.0 Å². The number of hydrogen-bond acceptors (Lipinski definition) is 4. The van der Waals surface area contributed by atoms with E-state index < -0.39 is 0 Å². The van der Waals surface area contributed by atoms with Gasteiger partial charge in [0.2, 0.25) is 5.91 Å². The molecule has 1 aromatic heterocycles. The molecule has 0 atom stereocenters. The molecule has 3 rings (SSSR count). The number of nitrogens with zero attached hydrogens (tertiary/aromatic N) is 1. The van der Waals surface area contributed by atoms with E-state index >= 15 is 0 Å². The summed E-state index contributed by atoms with van der Waals surface area (Å²) in [6.45, 7) is 4.09. The standard InChI is InChI=1S/C17H15ClN2OS2/c1-10-3-5-13(7-11(10)2)19-16(21)9-22-17-20-14-8-12(18)4-6-15(14)23-17/h3-8H,9H2,1-2H3,(H,19,21). The van der Waals surface area contributed by atoms with Crippen LogP contribution < -0.4 is 5.32 Å². The molecule has 0 bridgehead atoms. The van der Waals surface area contributed by atoms with Gasteiger partial charge in [-0.25, -0.2) is 4.98 Å². The Morgan fingerprint density at radius 3 is 2.83 bits per heavy atom. The first kappa shape index (κ1) is 16.3. The van der Waals surface area contributed by atoms with Crippen molar-refractivity contribution < 1.29 is 4.79 Å². The largest absolute Gasteiger partial charge is 0.325 e. The highest BCUT2D eigenvalue weighted by Gasteiger charge is 2.09. The SMILES string of the molecule is Cc1ccc(NC(=O)CSc2nc3cc(Cl)ccc3s2)cc1C. The molecule has 0 saturated carbocycles. The summed E-state index contributed by atoms with van der Waals surface area (Å²) >= 11 is 8.97. The van der Waals surface area contributed by atoms with Crippen molar-refractivity contribution in [1.29, 1.82) is 0 Å². The van der Waals surface area contributed by atoms with Gasteiger partial charge in [0.1, 0.15) is 0 Å². The first-order chi connectivity index (χ1) is 11.0. The van der Waals surface area contributed by atoms with Gasteiger partial charge in [-0.3, -0.25) is 4.79 Å². The Balaban J connectivity index is 1.62. The van der Waals surface area contributed by atoms with Crippen LogP contribution in [0.15, 0.2) is 40.7 Å². The number of halogens is 1. The number of benzene rings is 2. The lowest BCUT2D eigenvalue weighted by atomic mass is 10.1. The van der Waals surface area contributed by atoms with E-state index in [0.717, 1.165) is 20.2 Å². The molecule has 0 spiro atoms. The van der Waals surface area contributed by atoms with Gasteiger partial charge < -0.3 is 5.32 Å². The fraction of sp³-hybridized carbons (Fsp3) is 0.176. The zero-order valence-corrected chi connectivity index (χ0v) is 15.1. The Labute approximate surface area is 148 Å². The van der Waals surface area contributed by atoms with Gasteiger partial charge in [-0.2, -0.15) is 0 Å². The zero-order chi connectivity index (χ0) is 16.4. The fourth-order valence-corrected chi connectivity index (χ4v) is 4.10. The molecule has 118 valence electrons.